The zero-order valence-electron chi connectivity index (χ0n) is 8.05. The summed E-state index contributed by atoms with van der Waals surface area (Å²) in [6.45, 7) is 3.03. The van der Waals surface area contributed by atoms with Crippen molar-refractivity contribution in [3.8, 4) is 0 Å². The van der Waals surface area contributed by atoms with Gasteiger partial charge in [0.2, 0.25) is 0 Å². The Kier molecular flexibility index (Phi) is 3.98. The smallest absolute Gasteiger partial charge is 0.328 e. The molecule has 2 amide bonds. The van der Waals surface area contributed by atoms with Crippen LogP contribution < -0.4 is 16.6 Å². The molecule has 1 aliphatic heterocycles. The predicted molar refractivity (Wildman–Crippen MR) is 50.9 cm³/mol. The first-order valence-corrected chi connectivity index (χ1v) is 4.65. The maximum absolute atomic E-state index is 10.7. The fourth-order valence-corrected chi connectivity index (χ4v) is 1.70. The number of amides is 2. The van der Waals surface area contributed by atoms with Gasteiger partial charge in [0.15, 0.2) is 0 Å². The summed E-state index contributed by atoms with van der Waals surface area (Å²) < 4.78 is 0. The first-order chi connectivity index (χ1) is 6.22. The second kappa shape index (κ2) is 5.04. The molecule has 0 radical (unpaired) electrons. The highest BCUT2D eigenvalue weighted by Gasteiger charge is 2.18. The fraction of sp³-hybridized carbons (Fsp3) is 0.875. The van der Waals surface area contributed by atoms with E-state index in [1.807, 2.05) is 5.43 Å². The molecule has 76 valence electrons. The number of nitrogens with two attached hydrogens (primary N) is 1. The summed E-state index contributed by atoms with van der Waals surface area (Å²) >= 11 is 0. The fourth-order valence-electron chi connectivity index (χ4n) is 1.70. The molecular weight excluding hydrogens is 168 g/mol. The van der Waals surface area contributed by atoms with Crippen LogP contribution in [-0.2, 0) is 0 Å². The molecular formula is C8H18N4O. The molecule has 0 aliphatic carbocycles. The van der Waals surface area contributed by atoms with Gasteiger partial charge in [-0.2, -0.15) is 0 Å². The number of hydrazine groups is 1. The molecule has 4 N–H and O–H groups in total. The molecule has 1 fully saturated rings. The maximum Gasteiger partial charge on any atom is 0.328 e. The molecule has 5 heteroatoms. The molecule has 1 unspecified atom stereocenters. The van der Waals surface area contributed by atoms with E-state index in [-0.39, 0.29) is 6.03 Å². The van der Waals surface area contributed by atoms with Crippen LogP contribution in [0.2, 0.25) is 0 Å². The van der Waals surface area contributed by atoms with Crippen LogP contribution in [0.15, 0.2) is 0 Å². The molecule has 1 saturated heterocycles. The van der Waals surface area contributed by atoms with Crippen LogP contribution in [0.3, 0.4) is 0 Å². The summed E-state index contributed by atoms with van der Waals surface area (Å²) in [5.41, 5.74) is 2.04. The first-order valence-electron chi connectivity index (χ1n) is 4.65. The number of nitrogens with zero attached hydrogens (tertiary/aromatic N) is 1. The molecule has 1 heterocycles. The van der Waals surface area contributed by atoms with Crippen molar-refractivity contribution in [2.45, 2.75) is 12.8 Å². The Morgan fingerprint density at radius 3 is 3.00 bits per heavy atom. The van der Waals surface area contributed by atoms with Crippen LogP contribution in [0.5, 0.6) is 0 Å². The van der Waals surface area contributed by atoms with E-state index < -0.39 is 0 Å². The molecule has 13 heavy (non-hydrogen) atoms. The monoisotopic (exact) mass is 186 g/mol. The van der Waals surface area contributed by atoms with Crippen molar-refractivity contribution in [3.05, 3.63) is 0 Å². The lowest BCUT2D eigenvalue weighted by molar-refractivity contribution is 0.240. The Morgan fingerprint density at radius 2 is 2.46 bits per heavy atom. The lowest BCUT2D eigenvalue weighted by atomic mass is 10.1. The van der Waals surface area contributed by atoms with Gasteiger partial charge in [0.25, 0.3) is 0 Å². The van der Waals surface area contributed by atoms with E-state index in [1.165, 1.54) is 13.0 Å². The Morgan fingerprint density at radius 1 is 1.69 bits per heavy atom. The summed E-state index contributed by atoms with van der Waals surface area (Å²) in [6, 6.07) is -0.300. The van der Waals surface area contributed by atoms with Crippen molar-refractivity contribution >= 4 is 6.03 Å². The Hall–Kier alpha value is -0.810. The van der Waals surface area contributed by atoms with E-state index in [9.17, 15) is 4.79 Å². The third-order valence-electron chi connectivity index (χ3n) is 2.46. The summed E-state index contributed by atoms with van der Waals surface area (Å²) in [4.78, 5) is 13.0. The molecule has 1 aliphatic rings. The van der Waals surface area contributed by atoms with Crippen LogP contribution in [-0.4, -0.2) is 37.6 Å². The van der Waals surface area contributed by atoms with Crippen molar-refractivity contribution in [2.75, 3.05) is 26.7 Å². The lowest BCUT2D eigenvalue weighted by Crippen LogP contribution is -2.40. The van der Waals surface area contributed by atoms with Crippen LogP contribution in [0, 0.1) is 5.92 Å². The Labute approximate surface area is 78.6 Å². The summed E-state index contributed by atoms with van der Waals surface area (Å²) in [6.07, 6.45) is 2.28. The minimum absolute atomic E-state index is 0.300. The molecule has 1 atom stereocenters. The molecule has 0 aromatic carbocycles. The molecule has 5 nitrogen and oxygen atoms in total. The van der Waals surface area contributed by atoms with Gasteiger partial charge >= 0.3 is 6.03 Å². The highest BCUT2D eigenvalue weighted by atomic mass is 16.2. The van der Waals surface area contributed by atoms with Crippen molar-refractivity contribution in [2.24, 2.45) is 11.8 Å². The average molecular weight is 186 g/mol. The van der Waals surface area contributed by atoms with Gasteiger partial charge < -0.3 is 10.2 Å². The van der Waals surface area contributed by atoms with Gasteiger partial charge in [-0.3, -0.25) is 5.43 Å². The second-order valence-corrected chi connectivity index (χ2v) is 3.61. The minimum atomic E-state index is -0.300. The van der Waals surface area contributed by atoms with Crippen LogP contribution in [0.4, 0.5) is 4.79 Å². The van der Waals surface area contributed by atoms with Crippen molar-refractivity contribution in [1.82, 2.24) is 15.6 Å². The number of likely N-dealkylation sites (tertiary alicyclic amines) is 1. The Balaban J connectivity index is 2.03. The third kappa shape index (κ3) is 3.61. The zero-order valence-corrected chi connectivity index (χ0v) is 8.05. The van der Waals surface area contributed by atoms with Crippen LogP contribution in [0.25, 0.3) is 0 Å². The van der Waals surface area contributed by atoms with Gasteiger partial charge in [0, 0.05) is 13.1 Å². The van der Waals surface area contributed by atoms with Gasteiger partial charge in [0.1, 0.15) is 0 Å². The Bertz CT molecular complexity index is 174. The molecule has 0 aromatic heterocycles. The van der Waals surface area contributed by atoms with Gasteiger partial charge in [-0.05, 0) is 32.4 Å². The highest BCUT2D eigenvalue weighted by Crippen LogP contribution is 2.16. The predicted octanol–water partition coefficient (Wildman–Crippen LogP) is -0.499. The third-order valence-corrected chi connectivity index (χ3v) is 2.46. The molecule has 0 spiro atoms. The largest absolute Gasteiger partial charge is 0.337 e. The summed E-state index contributed by atoms with van der Waals surface area (Å²) in [7, 11) is 2.13. The number of carbonyl (C=O) groups excluding carboxylic acids is 1. The van der Waals surface area contributed by atoms with Crippen molar-refractivity contribution in [1.29, 1.82) is 0 Å². The van der Waals surface area contributed by atoms with E-state index in [0.29, 0.717) is 6.54 Å². The van der Waals surface area contributed by atoms with Crippen LogP contribution >= 0.6 is 0 Å². The summed E-state index contributed by atoms with van der Waals surface area (Å²) in [5, 5.41) is 2.68. The number of carbonyl (C=O) groups is 1. The molecule has 0 aromatic rings. The normalized spacial score (nSPS) is 23.1. The van der Waals surface area contributed by atoms with Gasteiger partial charge in [-0.15, -0.1) is 0 Å². The minimum Gasteiger partial charge on any atom is -0.337 e. The standard InChI is InChI=1S/C8H18N4O/c1-12-5-3-7(6-12)2-4-10-8(13)11-9/h7H,2-6,9H2,1H3,(H2,10,11,13). The van der Waals surface area contributed by atoms with Crippen LogP contribution in [0.1, 0.15) is 12.8 Å². The first kappa shape index (κ1) is 10.3. The maximum atomic E-state index is 10.7. The summed E-state index contributed by atoms with van der Waals surface area (Å²) in [5.74, 6) is 5.64. The number of hydrogen-bond donors (Lipinski definition) is 3. The van der Waals surface area contributed by atoms with Gasteiger partial charge in [0.05, 0.1) is 0 Å². The average Bonchev–Trinajstić information content (AvgIpc) is 2.51. The molecule has 1 rings (SSSR count). The quantitative estimate of drug-likeness (QED) is 0.316. The van der Waals surface area contributed by atoms with Crippen molar-refractivity contribution < 1.29 is 4.79 Å². The highest BCUT2D eigenvalue weighted by molar-refractivity contribution is 5.72. The van der Waals surface area contributed by atoms with E-state index in [0.717, 1.165) is 18.9 Å². The topological polar surface area (TPSA) is 70.4 Å². The van der Waals surface area contributed by atoms with Gasteiger partial charge in [-0.25, -0.2) is 10.6 Å². The van der Waals surface area contributed by atoms with E-state index in [1.54, 1.807) is 0 Å². The SMILES string of the molecule is CN1CCC(CCNC(=O)NN)C1. The van der Waals surface area contributed by atoms with E-state index in [2.05, 4.69) is 17.3 Å². The van der Waals surface area contributed by atoms with Gasteiger partial charge in [-0.1, -0.05) is 0 Å². The molecule has 0 bridgehead atoms. The number of rotatable bonds is 3. The lowest BCUT2D eigenvalue weighted by Gasteiger charge is -2.10. The van der Waals surface area contributed by atoms with E-state index in [4.69, 9.17) is 5.84 Å². The zero-order chi connectivity index (χ0) is 9.68. The van der Waals surface area contributed by atoms with Crippen molar-refractivity contribution in [3.63, 3.8) is 0 Å². The number of hydrogen-bond acceptors (Lipinski definition) is 3. The second-order valence-electron chi connectivity index (χ2n) is 3.61. The van der Waals surface area contributed by atoms with E-state index >= 15 is 0 Å². The number of urea groups is 1. The number of nitrogens with one attached hydrogen (secondary N) is 2. The molecule has 0 saturated carbocycles.